The van der Waals surface area contributed by atoms with Crippen molar-refractivity contribution in [3.05, 3.63) is 89.5 Å². The number of aromatic amines is 1. The molecule has 0 aliphatic carbocycles. The van der Waals surface area contributed by atoms with Crippen LogP contribution in [-0.2, 0) is 9.53 Å². The fraction of sp³-hybridized carbons (Fsp3) is 0.179. The van der Waals surface area contributed by atoms with Crippen LogP contribution in [0.25, 0.3) is 10.9 Å². The first-order valence-electron chi connectivity index (χ1n) is 11.6. The van der Waals surface area contributed by atoms with Gasteiger partial charge in [-0.2, -0.15) is 0 Å². The quantitative estimate of drug-likeness (QED) is 0.242. The Balaban J connectivity index is 1.77. The predicted molar refractivity (Wildman–Crippen MR) is 141 cm³/mol. The van der Waals surface area contributed by atoms with E-state index in [4.69, 9.17) is 15.5 Å². The van der Waals surface area contributed by atoms with Crippen LogP contribution in [0.4, 0.5) is 11.4 Å². The van der Waals surface area contributed by atoms with E-state index in [1.165, 1.54) is 0 Å². The lowest BCUT2D eigenvalue weighted by atomic mass is 10.00. The summed E-state index contributed by atoms with van der Waals surface area (Å²) in [6, 6.07) is 22.1. The number of fused-ring (bicyclic) bond motifs is 1. The minimum atomic E-state index is -0.426. The second kappa shape index (κ2) is 10.9. The third-order valence-corrected chi connectivity index (χ3v) is 5.75. The number of nitrogens with zero attached hydrogens (tertiary/aromatic N) is 2. The molecule has 0 radical (unpaired) electrons. The highest BCUT2D eigenvalue weighted by Crippen LogP contribution is 2.32. The number of likely N-dealkylation sites (N-methyl/N-ethyl adjacent to an activating group) is 1. The summed E-state index contributed by atoms with van der Waals surface area (Å²) in [5.74, 6) is -0.526. The summed E-state index contributed by atoms with van der Waals surface area (Å²) in [6.07, 6.45) is 0. The molecule has 0 unspecified atom stereocenters. The summed E-state index contributed by atoms with van der Waals surface area (Å²) in [5, 5.41) is 11.6. The molecule has 0 aliphatic heterocycles. The lowest BCUT2D eigenvalue weighted by molar-refractivity contribution is -0.116. The normalized spacial score (nSPS) is 11.5. The molecule has 184 valence electrons. The molecule has 1 heterocycles. The maximum atomic E-state index is 12.2. The third kappa shape index (κ3) is 5.29. The van der Waals surface area contributed by atoms with E-state index in [1.807, 2.05) is 66.5 Å². The largest absolute Gasteiger partial charge is 0.494 e. The Labute approximate surface area is 209 Å². The molecule has 8 heteroatoms. The molecule has 0 saturated heterocycles. The minimum Gasteiger partial charge on any atom is -0.494 e. The Morgan fingerprint density at radius 2 is 1.75 bits per heavy atom. The van der Waals surface area contributed by atoms with E-state index < -0.39 is 5.97 Å². The van der Waals surface area contributed by atoms with Crippen LogP contribution in [0, 0.1) is 0 Å². The summed E-state index contributed by atoms with van der Waals surface area (Å²) < 4.78 is 5.10. The number of nitrogens with two attached hydrogens (primary N) is 1. The first-order valence-corrected chi connectivity index (χ1v) is 11.6. The average molecular weight is 485 g/mol. The number of Topliss-reactive ketones (excluding diaryl/α,β-unsaturated/α-hetero) is 1. The number of H-pyrrole nitrogens is 1. The molecule has 8 nitrogen and oxygen atoms in total. The van der Waals surface area contributed by atoms with Gasteiger partial charge in [0.25, 0.3) is 0 Å². The van der Waals surface area contributed by atoms with Crippen LogP contribution in [0.3, 0.4) is 0 Å². The van der Waals surface area contributed by atoms with Crippen molar-refractivity contribution in [2.45, 2.75) is 6.92 Å². The van der Waals surface area contributed by atoms with Crippen molar-refractivity contribution in [3.8, 4) is 5.88 Å². The molecule has 3 aromatic carbocycles. The molecule has 1 aromatic heterocycles. The van der Waals surface area contributed by atoms with Gasteiger partial charge in [0.15, 0.2) is 11.7 Å². The third-order valence-electron chi connectivity index (χ3n) is 5.75. The number of anilines is 1. The van der Waals surface area contributed by atoms with E-state index in [9.17, 15) is 14.7 Å². The molecule has 0 fully saturated rings. The van der Waals surface area contributed by atoms with Gasteiger partial charge in [-0.3, -0.25) is 4.79 Å². The lowest BCUT2D eigenvalue weighted by Gasteiger charge is -2.18. The molecule has 4 aromatic rings. The van der Waals surface area contributed by atoms with Crippen LogP contribution >= 0.6 is 0 Å². The average Bonchev–Trinajstić information content (AvgIpc) is 3.22. The summed E-state index contributed by atoms with van der Waals surface area (Å²) in [4.78, 5) is 33.5. The molecule has 4 rings (SSSR count). The number of carbonyl (C=O) groups excluding carboxylic acids is 2. The Bertz CT molecular complexity index is 1410. The fourth-order valence-electron chi connectivity index (χ4n) is 3.96. The standard InChI is InChI=1S/C28H28N4O4/c1-3-36-28(35)19-9-14-23-24(15-19)31-27(34)25(23)26(18-7-5-4-6-8-18)30-20-10-12-21(13-11-20)32(2)17-22(33)16-29/h4-15,31,34H,3,16-17,29H2,1-2H3. The van der Waals surface area contributed by atoms with Crippen molar-refractivity contribution >= 4 is 39.7 Å². The number of carbonyl (C=O) groups is 2. The number of aromatic nitrogens is 1. The summed E-state index contributed by atoms with van der Waals surface area (Å²) in [5.41, 5.74) is 9.87. The summed E-state index contributed by atoms with van der Waals surface area (Å²) in [6.45, 7) is 2.26. The van der Waals surface area contributed by atoms with Crippen molar-refractivity contribution in [1.82, 2.24) is 4.98 Å². The zero-order valence-electron chi connectivity index (χ0n) is 20.2. The molecule has 4 N–H and O–H groups in total. The Hall–Kier alpha value is -4.43. The van der Waals surface area contributed by atoms with Crippen molar-refractivity contribution in [2.24, 2.45) is 10.7 Å². The Kier molecular flexibility index (Phi) is 7.46. The van der Waals surface area contributed by atoms with Gasteiger partial charge >= 0.3 is 5.97 Å². The first kappa shape index (κ1) is 24.7. The Morgan fingerprint density at radius 1 is 1.03 bits per heavy atom. The molecule has 0 saturated carbocycles. The number of hydrogen-bond acceptors (Lipinski definition) is 7. The van der Waals surface area contributed by atoms with Gasteiger partial charge < -0.3 is 25.5 Å². The number of benzene rings is 3. The fourth-order valence-corrected chi connectivity index (χ4v) is 3.96. The smallest absolute Gasteiger partial charge is 0.338 e. The topological polar surface area (TPSA) is 121 Å². The second-order valence-corrected chi connectivity index (χ2v) is 8.27. The van der Waals surface area contributed by atoms with Crippen LogP contribution in [0.5, 0.6) is 5.88 Å². The molecule has 0 spiro atoms. The van der Waals surface area contributed by atoms with Gasteiger partial charge in [0, 0.05) is 29.2 Å². The van der Waals surface area contributed by atoms with Crippen LogP contribution in [-0.4, -0.2) is 54.3 Å². The SMILES string of the molecule is CCOC(=O)c1ccc2c(C(=Nc3ccc(N(C)CC(=O)CN)cc3)c3ccccc3)c(O)[nH]c2c1. The lowest BCUT2D eigenvalue weighted by Crippen LogP contribution is -2.29. The predicted octanol–water partition coefficient (Wildman–Crippen LogP) is 4.18. The van der Waals surface area contributed by atoms with Gasteiger partial charge in [-0.25, -0.2) is 9.79 Å². The van der Waals surface area contributed by atoms with Crippen LogP contribution < -0.4 is 10.6 Å². The van der Waals surface area contributed by atoms with Gasteiger partial charge in [0.1, 0.15) is 0 Å². The molecule has 36 heavy (non-hydrogen) atoms. The number of ketones is 1. The highest BCUT2D eigenvalue weighted by Gasteiger charge is 2.20. The number of aromatic hydroxyl groups is 1. The molecular formula is C28H28N4O4. The zero-order chi connectivity index (χ0) is 25.7. The van der Waals surface area contributed by atoms with E-state index >= 15 is 0 Å². The van der Waals surface area contributed by atoms with E-state index in [0.717, 1.165) is 16.6 Å². The van der Waals surface area contributed by atoms with E-state index in [1.54, 1.807) is 25.1 Å². The second-order valence-electron chi connectivity index (χ2n) is 8.27. The van der Waals surface area contributed by atoms with Crippen LogP contribution in [0.1, 0.15) is 28.4 Å². The van der Waals surface area contributed by atoms with Gasteiger partial charge in [-0.15, -0.1) is 0 Å². The number of ether oxygens (including phenoxy) is 1. The van der Waals surface area contributed by atoms with E-state index in [0.29, 0.717) is 28.0 Å². The van der Waals surface area contributed by atoms with Crippen molar-refractivity contribution < 1.29 is 19.4 Å². The van der Waals surface area contributed by atoms with Crippen molar-refractivity contribution in [3.63, 3.8) is 0 Å². The molecule has 0 aliphatic rings. The first-order chi connectivity index (χ1) is 17.4. The zero-order valence-corrected chi connectivity index (χ0v) is 20.2. The van der Waals surface area contributed by atoms with Crippen LogP contribution in [0.15, 0.2) is 77.8 Å². The van der Waals surface area contributed by atoms with Gasteiger partial charge in [-0.05, 0) is 43.3 Å². The van der Waals surface area contributed by atoms with Gasteiger partial charge in [0.2, 0.25) is 0 Å². The monoisotopic (exact) mass is 484 g/mol. The van der Waals surface area contributed by atoms with E-state index in [2.05, 4.69) is 4.98 Å². The number of hydrogen-bond donors (Lipinski definition) is 3. The molecule has 0 amide bonds. The molecular weight excluding hydrogens is 456 g/mol. The van der Waals surface area contributed by atoms with Gasteiger partial charge in [-0.1, -0.05) is 36.4 Å². The maximum Gasteiger partial charge on any atom is 0.338 e. The summed E-state index contributed by atoms with van der Waals surface area (Å²) in [7, 11) is 1.83. The number of rotatable bonds is 9. The highest BCUT2D eigenvalue weighted by atomic mass is 16.5. The highest BCUT2D eigenvalue weighted by molar-refractivity contribution is 6.22. The molecule has 0 bridgehead atoms. The van der Waals surface area contributed by atoms with Crippen LogP contribution in [0.2, 0.25) is 0 Å². The minimum absolute atomic E-state index is 0.00253. The number of nitrogens with one attached hydrogen (secondary N) is 1. The molecule has 0 atom stereocenters. The van der Waals surface area contributed by atoms with Gasteiger partial charge in [0.05, 0.1) is 42.2 Å². The maximum absolute atomic E-state index is 12.2. The van der Waals surface area contributed by atoms with Crippen molar-refractivity contribution in [1.29, 1.82) is 0 Å². The number of aliphatic imine (C=N–C) groups is 1. The number of esters is 1. The van der Waals surface area contributed by atoms with Crippen molar-refractivity contribution in [2.75, 3.05) is 31.6 Å². The summed E-state index contributed by atoms with van der Waals surface area (Å²) >= 11 is 0. The Morgan fingerprint density at radius 3 is 2.42 bits per heavy atom. The van der Waals surface area contributed by atoms with E-state index in [-0.39, 0.29) is 31.4 Å².